The number of aromatic nitrogens is 3. The lowest BCUT2D eigenvalue weighted by atomic mass is 10.1. The molecular weight excluding hydrogens is 494 g/mol. The summed E-state index contributed by atoms with van der Waals surface area (Å²) in [4.78, 5) is 34.9. The van der Waals surface area contributed by atoms with Gasteiger partial charge >= 0.3 is 0 Å². The summed E-state index contributed by atoms with van der Waals surface area (Å²) >= 11 is 1.54. The molecule has 3 aromatic carbocycles. The number of thioether (sulfide) groups is 1. The Balaban J connectivity index is 1.25. The number of rotatable bonds is 6. The summed E-state index contributed by atoms with van der Waals surface area (Å²) in [6.07, 6.45) is 3.59. The summed E-state index contributed by atoms with van der Waals surface area (Å²) in [7, 11) is 0. The summed E-state index contributed by atoms with van der Waals surface area (Å²) in [5.41, 5.74) is 4.23. The molecule has 1 aliphatic heterocycles. The molecule has 0 radical (unpaired) electrons. The normalized spacial score (nSPS) is 13.7. The Morgan fingerprint density at radius 2 is 1.55 bits per heavy atom. The van der Waals surface area contributed by atoms with Gasteiger partial charge in [0.05, 0.1) is 23.1 Å². The molecule has 8 heteroatoms. The van der Waals surface area contributed by atoms with Gasteiger partial charge in [-0.3, -0.25) is 9.59 Å². The van der Waals surface area contributed by atoms with E-state index in [4.69, 9.17) is 0 Å². The van der Waals surface area contributed by atoms with Crippen LogP contribution in [0.3, 0.4) is 0 Å². The molecule has 190 valence electrons. The molecule has 0 unspecified atom stereocenters. The fourth-order valence-corrected chi connectivity index (χ4v) is 5.89. The first-order valence-electron chi connectivity index (χ1n) is 12.6. The van der Waals surface area contributed by atoms with Crippen molar-refractivity contribution >= 4 is 34.3 Å². The maximum absolute atomic E-state index is 13.7. The third-order valence-corrected chi connectivity index (χ3v) is 8.02. The van der Waals surface area contributed by atoms with Crippen LogP contribution in [-0.2, 0) is 5.75 Å². The molecule has 1 aliphatic rings. The second-order valence-electron chi connectivity index (χ2n) is 9.21. The number of aromatic amines is 1. The second-order valence-corrected chi connectivity index (χ2v) is 10.2. The number of piperazine rings is 1. The van der Waals surface area contributed by atoms with Gasteiger partial charge in [0.25, 0.3) is 11.5 Å². The summed E-state index contributed by atoms with van der Waals surface area (Å²) in [6, 6.07) is 27.5. The average Bonchev–Trinajstić information content (AvgIpc) is 3.41. The van der Waals surface area contributed by atoms with Crippen molar-refractivity contribution in [3.63, 3.8) is 0 Å². The Labute approximate surface area is 224 Å². The van der Waals surface area contributed by atoms with Gasteiger partial charge in [-0.25, -0.2) is 0 Å². The van der Waals surface area contributed by atoms with Gasteiger partial charge in [-0.05, 0) is 23.8 Å². The number of para-hydroxylation sites is 2. The van der Waals surface area contributed by atoms with Crippen LogP contribution in [0, 0.1) is 0 Å². The lowest BCUT2D eigenvalue weighted by Gasteiger charge is -2.36. The molecule has 0 atom stereocenters. The Morgan fingerprint density at radius 3 is 2.32 bits per heavy atom. The van der Waals surface area contributed by atoms with E-state index in [1.807, 2.05) is 77.7 Å². The largest absolute Gasteiger partial charge is 0.366 e. The molecule has 0 aliphatic carbocycles. The predicted molar refractivity (Wildman–Crippen MR) is 152 cm³/mol. The fraction of sp³-hybridized carbons (Fsp3) is 0.167. The number of H-pyrrole nitrogens is 1. The van der Waals surface area contributed by atoms with Gasteiger partial charge in [-0.1, -0.05) is 66.7 Å². The van der Waals surface area contributed by atoms with Gasteiger partial charge in [0.1, 0.15) is 4.90 Å². The molecule has 1 fully saturated rings. The van der Waals surface area contributed by atoms with E-state index in [-0.39, 0.29) is 11.5 Å². The zero-order chi connectivity index (χ0) is 25.9. The molecule has 2 aromatic heterocycles. The number of nitrogens with one attached hydrogen (secondary N) is 1. The molecule has 5 aromatic rings. The standard InChI is InChI=1S/C30H27N5O2S/c36-29(25-19-31-26-14-8-7-13-24(25)26)34-17-15-33(16-18-34)27-20-32-35(23-11-5-2-6-12-23)30(37)28(27)38-21-22-9-3-1-4-10-22/h1-14,19-20,31H,15-18,21H2. The lowest BCUT2D eigenvalue weighted by Crippen LogP contribution is -2.49. The van der Waals surface area contributed by atoms with Crippen LogP contribution < -0.4 is 10.5 Å². The third-order valence-electron chi connectivity index (χ3n) is 6.87. The molecule has 1 N–H and O–H groups in total. The van der Waals surface area contributed by atoms with E-state index in [0.717, 1.165) is 27.8 Å². The van der Waals surface area contributed by atoms with Crippen molar-refractivity contribution in [2.75, 3.05) is 31.1 Å². The van der Waals surface area contributed by atoms with Crippen LogP contribution in [0.15, 0.2) is 107 Å². The van der Waals surface area contributed by atoms with Crippen molar-refractivity contribution in [2.24, 2.45) is 0 Å². The Hall–Kier alpha value is -4.30. The minimum Gasteiger partial charge on any atom is -0.366 e. The van der Waals surface area contributed by atoms with E-state index in [1.54, 1.807) is 12.4 Å². The highest BCUT2D eigenvalue weighted by Crippen LogP contribution is 2.30. The highest BCUT2D eigenvalue weighted by Gasteiger charge is 2.26. The average molecular weight is 522 g/mol. The molecule has 0 spiro atoms. The molecule has 0 saturated carbocycles. The molecule has 6 rings (SSSR count). The van der Waals surface area contributed by atoms with E-state index in [0.29, 0.717) is 42.4 Å². The van der Waals surface area contributed by atoms with Crippen molar-refractivity contribution in [1.29, 1.82) is 0 Å². The number of carbonyl (C=O) groups is 1. The van der Waals surface area contributed by atoms with Crippen LogP contribution in [0.1, 0.15) is 15.9 Å². The van der Waals surface area contributed by atoms with Gasteiger partial charge in [-0.15, -0.1) is 11.8 Å². The number of benzene rings is 3. The van der Waals surface area contributed by atoms with Crippen LogP contribution >= 0.6 is 11.8 Å². The van der Waals surface area contributed by atoms with Crippen LogP contribution in [-0.4, -0.2) is 51.8 Å². The van der Waals surface area contributed by atoms with Gasteiger partial charge in [0.2, 0.25) is 0 Å². The Bertz CT molecular complexity index is 1620. The van der Waals surface area contributed by atoms with E-state index >= 15 is 0 Å². The number of carbonyl (C=O) groups excluding carboxylic acids is 1. The zero-order valence-corrected chi connectivity index (χ0v) is 21.6. The second kappa shape index (κ2) is 10.6. The first kappa shape index (κ1) is 24.1. The number of hydrogen-bond donors (Lipinski definition) is 1. The summed E-state index contributed by atoms with van der Waals surface area (Å²) in [5, 5.41) is 5.47. The molecule has 1 saturated heterocycles. The maximum atomic E-state index is 13.7. The maximum Gasteiger partial charge on any atom is 0.287 e. The number of amides is 1. The number of fused-ring (bicyclic) bond motifs is 1. The zero-order valence-electron chi connectivity index (χ0n) is 20.8. The summed E-state index contributed by atoms with van der Waals surface area (Å²) < 4.78 is 1.47. The quantitative estimate of drug-likeness (QED) is 0.320. The van der Waals surface area contributed by atoms with E-state index in [1.165, 1.54) is 16.4 Å². The Morgan fingerprint density at radius 1 is 0.868 bits per heavy atom. The highest BCUT2D eigenvalue weighted by atomic mass is 32.2. The topological polar surface area (TPSA) is 74.2 Å². The van der Waals surface area contributed by atoms with E-state index < -0.39 is 0 Å². The lowest BCUT2D eigenvalue weighted by molar-refractivity contribution is 0.0748. The minimum atomic E-state index is -0.132. The van der Waals surface area contributed by atoms with Crippen molar-refractivity contribution in [3.8, 4) is 5.69 Å². The highest BCUT2D eigenvalue weighted by molar-refractivity contribution is 7.98. The van der Waals surface area contributed by atoms with Crippen molar-refractivity contribution in [3.05, 3.63) is 119 Å². The Kier molecular flexibility index (Phi) is 6.71. The van der Waals surface area contributed by atoms with Crippen molar-refractivity contribution in [1.82, 2.24) is 19.7 Å². The van der Waals surface area contributed by atoms with Gasteiger partial charge in [0, 0.05) is 49.0 Å². The first-order valence-corrected chi connectivity index (χ1v) is 13.6. The van der Waals surface area contributed by atoms with Crippen LogP contribution in [0.5, 0.6) is 0 Å². The number of hydrogen-bond acceptors (Lipinski definition) is 5. The van der Waals surface area contributed by atoms with E-state index in [9.17, 15) is 9.59 Å². The van der Waals surface area contributed by atoms with Crippen LogP contribution in [0.2, 0.25) is 0 Å². The van der Waals surface area contributed by atoms with Gasteiger partial charge in [0.15, 0.2) is 0 Å². The predicted octanol–water partition coefficient (Wildman–Crippen LogP) is 4.97. The first-order chi connectivity index (χ1) is 18.7. The van der Waals surface area contributed by atoms with Crippen LogP contribution in [0.25, 0.3) is 16.6 Å². The van der Waals surface area contributed by atoms with Crippen molar-refractivity contribution < 1.29 is 4.79 Å². The molecule has 1 amide bonds. The SMILES string of the molecule is O=C(c1c[nH]c2ccccc12)N1CCN(c2cnn(-c3ccccc3)c(=O)c2SCc2ccccc2)CC1. The summed E-state index contributed by atoms with van der Waals surface area (Å²) in [5.74, 6) is 0.708. The summed E-state index contributed by atoms with van der Waals surface area (Å²) in [6.45, 7) is 2.40. The van der Waals surface area contributed by atoms with Gasteiger partial charge < -0.3 is 14.8 Å². The minimum absolute atomic E-state index is 0.0263. The fourth-order valence-electron chi connectivity index (χ4n) is 4.84. The van der Waals surface area contributed by atoms with Crippen LogP contribution in [0.4, 0.5) is 5.69 Å². The van der Waals surface area contributed by atoms with Crippen molar-refractivity contribution in [2.45, 2.75) is 10.6 Å². The monoisotopic (exact) mass is 521 g/mol. The van der Waals surface area contributed by atoms with Gasteiger partial charge in [-0.2, -0.15) is 9.78 Å². The molecule has 3 heterocycles. The third kappa shape index (κ3) is 4.70. The molecule has 0 bridgehead atoms. The van der Waals surface area contributed by atoms with E-state index in [2.05, 4.69) is 27.1 Å². The smallest absolute Gasteiger partial charge is 0.287 e. The molecular formula is C30H27N5O2S. The molecule has 7 nitrogen and oxygen atoms in total. The molecule has 38 heavy (non-hydrogen) atoms. The number of anilines is 1. The number of nitrogens with zero attached hydrogens (tertiary/aromatic N) is 4.